The molecule has 0 aliphatic heterocycles. The molecule has 1 aromatic heterocycles. The van der Waals surface area contributed by atoms with E-state index in [1.54, 1.807) is 31.2 Å². The molecule has 0 aliphatic carbocycles. The van der Waals surface area contributed by atoms with E-state index in [4.69, 9.17) is 10.00 Å². The third kappa shape index (κ3) is 5.11. The second-order valence-corrected chi connectivity index (χ2v) is 7.37. The number of aromatic amines is 1. The largest absolute Gasteiger partial charge is 0.485 e. The summed E-state index contributed by atoms with van der Waals surface area (Å²) in [6.07, 6.45) is 0. The number of anilines is 1. The second-order valence-electron chi connectivity index (χ2n) is 6.06. The van der Waals surface area contributed by atoms with E-state index >= 15 is 0 Å². The lowest BCUT2D eigenvalue weighted by molar-refractivity contribution is -0.115. The molecule has 8 heteroatoms. The molecule has 0 radical (unpaired) electrons. The van der Waals surface area contributed by atoms with E-state index in [2.05, 4.69) is 20.5 Å². The highest BCUT2D eigenvalue weighted by atomic mass is 32.2. The van der Waals surface area contributed by atoms with Crippen molar-refractivity contribution < 1.29 is 9.53 Å². The smallest absolute Gasteiger partial charge is 0.237 e. The fraction of sp³-hybridized carbons (Fsp3) is 0.200. The molecule has 0 saturated heterocycles. The number of nitrogens with zero attached hydrogens (tertiary/aromatic N) is 3. The van der Waals surface area contributed by atoms with Crippen molar-refractivity contribution >= 4 is 23.4 Å². The van der Waals surface area contributed by atoms with Crippen molar-refractivity contribution in [1.82, 2.24) is 15.2 Å². The molecular weight excluding hydrogens is 374 g/mol. The van der Waals surface area contributed by atoms with Crippen molar-refractivity contribution in [3.8, 4) is 11.8 Å². The maximum Gasteiger partial charge on any atom is 0.237 e. The second kappa shape index (κ2) is 9.06. The Balaban J connectivity index is 1.52. The SMILES string of the molecule is Cc1ccccc1OCc1nc(S[C@H](C)C(=O)Nc2ccc(C#N)cc2)n[nH]1. The van der Waals surface area contributed by atoms with Crippen LogP contribution in [0, 0.1) is 18.3 Å². The van der Waals surface area contributed by atoms with Gasteiger partial charge in [0.1, 0.15) is 12.4 Å². The monoisotopic (exact) mass is 393 g/mol. The molecule has 142 valence electrons. The number of H-pyrrole nitrogens is 1. The lowest BCUT2D eigenvalue weighted by Crippen LogP contribution is -2.22. The van der Waals surface area contributed by atoms with Gasteiger partial charge in [0.15, 0.2) is 5.82 Å². The predicted octanol–water partition coefficient (Wildman–Crippen LogP) is 3.68. The van der Waals surface area contributed by atoms with Gasteiger partial charge in [0, 0.05) is 5.69 Å². The summed E-state index contributed by atoms with van der Waals surface area (Å²) in [7, 11) is 0. The zero-order valence-electron chi connectivity index (χ0n) is 15.5. The first kappa shape index (κ1) is 19.5. The number of hydrogen-bond donors (Lipinski definition) is 2. The van der Waals surface area contributed by atoms with Crippen LogP contribution in [0.5, 0.6) is 5.75 Å². The summed E-state index contributed by atoms with van der Waals surface area (Å²) in [5, 5.41) is 18.7. The number of amides is 1. The number of rotatable bonds is 7. The van der Waals surface area contributed by atoms with Crippen molar-refractivity contribution in [3.05, 3.63) is 65.5 Å². The number of nitrogens with one attached hydrogen (secondary N) is 2. The molecule has 2 aromatic carbocycles. The Morgan fingerprint density at radius 3 is 2.75 bits per heavy atom. The zero-order valence-corrected chi connectivity index (χ0v) is 16.3. The molecular formula is C20H19N5O2S. The van der Waals surface area contributed by atoms with E-state index in [0.717, 1.165) is 11.3 Å². The van der Waals surface area contributed by atoms with Crippen LogP contribution in [-0.4, -0.2) is 26.3 Å². The molecule has 1 amide bonds. The first-order valence-corrected chi connectivity index (χ1v) is 9.50. The first-order valence-electron chi connectivity index (χ1n) is 8.62. The molecule has 3 aromatic rings. The molecule has 28 heavy (non-hydrogen) atoms. The molecule has 0 bridgehead atoms. The number of hydrogen-bond acceptors (Lipinski definition) is 6. The Morgan fingerprint density at radius 2 is 2.04 bits per heavy atom. The van der Waals surface area contributed by atoms with Gasteiger partial charge in [0.05, 0.1) is 16.9 Å². The van der Waals surface area contributed by atoms with Gasteiger partial charge < -0.3 is 10.1 Å². The van der Waals surface area contributed by atoms with E-state index in [1.807, 2.05) is 37.3 Å². The Morgan fingerprint density at radius 1 is 1.29 bits per heavy atom. The van der Waals surface area contributed by atoms with Crippen LogP contribution in [0.2, 0.25) is 0 Å². The van der Waals surface area contributed by atoms with Gasteiger partial charge in [-0.15, -0.1) is 5.10 Å². The van der Waals surface area contributed by atoms with Gasteiger partial charge >= 0.3 is 0 Å². The first-order chi connectivity index (χ1) is 13.5. The van der Waals surface area contributed by atoms with Crippen LogP contribution >= 0.6 is 11.8 Å². The maximum absolute atomic E-state index is 12.3. The Bertz CT molecular complexity index is 994. The van der Waals surface area contributed by atoms with Crippen LogP contribution in [0.3, 0.4) is 0 Å². The number of ether oxygens (including phenoxy) is 1. The van der Waals surface area contributed by atoms with Crippen molar-refractivity contribution in [2.75, 3.05) is 5.32 Å². The lowest BCUT2D eigenvalue weighted by Gasteiger charge is -2.10. The van der Waals surface area contributed by atoms with E-state index < -0.39 is 5.25 Å². The molecule has 0 fully saturated rings. The van der Waals surface area contributed by atoms with Crippen LogP contribution in [0.15, 0.2) is 53.7 Å². The maximum atomic E-state index is 12.3. The minimum atomic E-state index is -0.392. The molecule has 0 aliphatic rings. The van der Waals surface area contributed by atoms with Gasteiger partial charge in [-0.1, -0.05) is 30.0 Å². The standard InChI is InChI=1S/C20H19N5O2S/c1-13-5-3-4-6-17(13)27-12-18-23-20(25-24-18)28-14(2)19(26)22-16-9-7-15(11-21)8-10-16/h3-10,14H,12H2,1-2H3,(H,22,26)(H,23,24,25)/t14-/m1/s1. The molecule has 2 N–H and O–H groups in total. The highest BCUT2D eigenvalue weighted by Gasteiger charge is 2.17. The Hall–Kier alpha value is -3.31. The number of benzene rings is 2. The predicted molar refractivity (Wildman–Crippen MR) is 107 cm³/mol. The van der Waals surface area contributed by atoms with E-state index in [1.165, 1.54) is 11.8 Å². The van der Waals surface area contributed by atoms with Gasteiger partial charge in [-0.3, -0.25) is 9.89 Å². The van der Waals surface area contributed by atoms with E-state index in [-0.39, 0.29) is 12.5 Å². The Labute approximate surface area is 167 Å². The van der Waals surface area contributed by atoms with Gasteiger partial charge in [0.2, 0.25) is 11.1 Å². The minimum absolute atomic E-state index is 0.169. The van der Waals surface area contributed by atoms with Crippen molar-refractivity contribution in [1.29, 1.82) is 5.26 Å². The summed E-state index contributed by atoms with van der Waals surface area (Å²) in [5.41, 5.74) is 2.23. The minimum Gasteiger partial charge on any atom is -0.485 e. The van der Waals surface area contributed by atoms with Gasteiger partial charge in [-0.05, 0) is 49.7 Å². The normalized spacial score (nSPS) is 11.5. The topological polar surface area (TPSA) is 104 Å². The summed E-state index contributed by atoms with van der Waals surface area (Å²) >= 11 is 1.25. The molecule has 7 nitrogen and oxygen atoms in total. The third-order valence-electron chi connectivity index (χ3n) is 3.90. The number of carbonyl (C=O) groups excluding carboxylic acids is 1. The van der Waals surface area contributed by atoms with Gasteiger partial charge in [-0.25, -0.2) is 4.98 Å². The molecule has 1 heterocycles. The number of thioether (sulfide) groups is 1. The number of para-hydroxylation sites is 1. The fourth-order valence-electron chi connectivity index (χ4n) is 2.34. The van der Waals surface area contributed by atoms with E-state index in [9.17, 15) is 4.79 Å². The zero-order chi connectivity index (χ0) is 19.9. The molecule has 0 saturated carbocycles. The van der Waals surface area contributed by atoms with Crippen LogP contribution < -0.4 is 10.1 Å². The Kier molecular flexibility index (Phi) is 6.29. The summed E-state index contributed by atoms with van der Waals surface area (Å²) in [6.45, 7) is 4.03. The number of aryl methyl sites for hydroxylation is 1. The summed E-state index contributed by atoms with van der Waals surface area (Å²) in [5.74, 6) is 1.21. The van der Waals surface area contributed by atoms with Crippen molar-refractivity contribution in [2.45, 2.75) is 30.9 Å². The van der Waals surface area contributed by atoms with Crippen LogP contribution in [-0.2, 0) is 11.4 Å². The fourth-order valence-corrected chi connectivity index (χ4v) is 3.09. The van der Waals surface area contributed by atoms with Crippen LogP contribution in [0.25, 0.3) is 0 Å². The highest BCUT2D eigenvalue weighted by Crippen LogP contribution is 2.22. The third-order valence-corrected chi connectivity index (χ3v) is 4.86. The summed E-state index contributed by atoms with van der Waals surface area (Å²) in [6, 6.07) is 16.5. The lowest BCUT2D eigenvalue weighted by atomic mass is 10.2. The summed E-state index contributed by atoms with van der Waals surface area (Å²) < 4.78 is 5.74. The molecule has 1 atom stereocenters. The molecule has 0 spiro atoms. The average Bonchev–Trinajstić information content (AvgIpc) is 3.15. The van der Waals surface area contributed by atoms with Gasteiger partial charge in [-0.2, -0.15) is 5.26 Å². The van der Waals surface area contributed by atoms with Gasteiger partial charge in [0.25, 0.3) is 0 Å². The van der Waals surface area contributed by atoms with E-state index in [0.29, 0.717) is 22.2 Å². The molecule has 0 unspecified atom stereocenters. The highest BCUT2D eigenvalue weighted by molar-refractivity contribution is 8.00. The number of nitriles is 1. The van der Waals surface area contributed by atoms with Crippen molar-refractivity contribution in [3.63, 3.8) is 0 Å². The summed E-state index contributed by atoms with van der Waals surface area (Å²) in [4.78, 5) is 16.7. The number of aromatic nitrogens is 3. The molecule has 3 rings (SSSR count). The van der Waals surface area contributed by atoms with Crippen LogP contribution in [0.4, 0.5) is 5.69 Å². The quantitative estimate of drug-likeness (QED) is 0.594. The number of carbonyl (C=O) groups is 1. The van der Waals surface area contributed by atoms with Crippen molar-refractivity contribution in [2.24, 2.45) is 0 Å². The van der Waals surface area contributed by atoms with Crippen LogP contribution in [0.1, 0.15) is 23.9 Å². The average molecular weight is 393 g/mol.